The molecule has 0 bridgehead atoms. The molecule has 3 rings (SSSR count). The van der Waals surface area contributed by atoms with Crippen molar-refractivity contribution in [3.8, 4) is 0 Å². The Labute approximate surface area is 185 Å². The molecule has 1 aliphatic heterocycles. The number of hydrogen-bond acceptors (Lipinski definition) is 6. The second-order valence-electron chi connectivity index (χ2n) is 8.21. The molecule has 178 valence electrons. The highest BCUT2D eigenvalue weighted by atomic mass is 32.1. The number of ether oxygens (including phenoxy) is 1. The Kier molecular flexibility index (Phi) is 6.87. The lowest BCUT2D eigenvalue weighted by molar-refractivity contribution is -0.325. The fourth-order valence-electron chi connectivity index (χ4n) is 3.80. The molecule has 0 atom stereocenters. The van der Waals surface area contributed by atoms with Crippen LogP contribution in [0.25, 0.3) is 10.2 Å². The molecule has 32 heavy (non-hydrogen) atoms. The third-order valence-corrected chi connectivity index (χ3v) is 6.95. The monoisotopic (exact) mass is 477 g/mol. The number of halogens is 3. The van der Waals surface area contributed by atoms with Gasteiger partial charge < -0.3 is 10.0 Å². The number of carbonyl (C=O) groups is 1. The first-order valence-electron chi connectivity index (χ1n) is 10.4. The zero-order valence-electron chi connectivity index (χ0n) is 18.1. The quantitative estimate of drug-likeness (QED) is 0.690. The van der Waals surface area contributed by atoms with E-state index in [0.29, 0.717) is 37.9 Å². The van der Waals surface area contributed by atoms with Gasteiger partial charge in [-0.15, -0.1) is 24.5 Å². The van der Waals surface area contributed by atoms with Gasteiger partial charge in [-0.2, -0.15) is 0 Å². The SMILES string of the molecule is CCCn1c(=O)c2c(C)c(C(=O)N3CCC(C)(O)CC3)sc2n(CCOC(F)(F)F)c1=O. The van der Waals surface area contributed by atoms with Gasteiger partial charge in [-0.1, -0.05) is 6.92 Å². The van der Waals surface area contributed by atoms with Crippen LogP contribution >= 0.6 is 11.3 Å². The van der Waals surface area contributed by atoms with Gasteiger partial charge >= 0.3 is 12.1 Å². The summed E-state index contributed by atoms with van der Waals surface area (Å²) in [6, 6.07) is 0. The number of rotatable bonds is 6. The first kappa shape index (κ1) is 24.5. The second kappa shape index (κ2) is 8.99. The van der Waals surface area contributed by atoms with Gasteiger partial charge in [-0.05, 0) is 38.7 Å². The molecule has 3 heterocycles. The Morgan fingerprint density at radius 2 is 1.81 bits per heavy atom. The number of thiophene rings is 1. The highest BCUT2D eigenvalue weighted by Gasteiger charge is 2.33. The predicted molar refractivity (Wildman–Crippen MR) is 113 cm³/mol. The van der Waals surface area contributed by atoms with E-state index >= 15 is 0 Å². The van der Waals surface area contributed by atoms with Gasteiger partial charge in [0.05, 0.1) is 29.0 Å². The lowest BCUT2D eigenvalue weighted by Gasteiger charge is -2.35. The fourth-order valence-corrected chi connectivity index (χ4v) is 5.09. The van der Waals surface area contributed by atoms with Crippen LogP contribution in [0.2, 0.25) is 0 Å². The molecule has 8 nitrogen and oxygen atoms in total. The van der Waals surface area contributed by atoms with Crippen molar-refractivity contribution in [1.82, 2.24) is 14.0 Å². The number of aromatic nitrogens is 2. The first-order valence-corrected chi connectivity index (χ1v) is 11.2. The fraction of sp³-hybridized carbons (Fsp3) is 0.650. The van der Waals surface area contributed by atoms with E-state index in [4.69, 9.17) is 0 Å². The average Bonchev–Trinajstić information content (AvgIpc) is 3.03. The largest absolute Gasteiger partial charge is 0.522 e. The van der Waals surface area contributed by atoms with Crippen LogP contribution in [0.15, 0.2) is 9.59 Å². The van der Waals surface area contributed by atoms with Gasteiger partial charge in [0.1, 0.15) is 4.83 Å². The minimum atomic E-state index is -4.84. The summed E-state index contributed by atoms with van der Waals surface area (Å²) in [6.45, 7) is 4.64. The third kappa shape index (κ3) is 4.91. The van der Waals surface area contributed by atoms with Gasteiger partial charge in [0, 0.05) is 19.6 Å². The maximum atomic E-state index is 13.1. The van der Waals surface area contributed by atoms with Crippen molar-refractivity contribution in [2.75, 3.05) is 19.7 Å². The van der Waals surface area contributed by atoms with Gasteiger partial charge in [0.25, 0.3) is 11.5 Å². The van der Waals surface area contributed by atoms with Crippen LogP contribution < -0.4 is 11.2 Å². The summed E-state index contributed by atoms with van der Waals surface area (Å²) in [5.74, 6) is -0.328. The Balaban J connectivity index is 2.07. The third-order valence-electron chi connectivity index (χ3n) is 5.64. The number of amides is 1. The minimum Gasteiger partial charge on any atom is -0.390 e. The van der Waals surface area contributed by atoms with E-state index in [-0.39, 0.29) is 27.5 Å². The Morgan fingerprint density at radius 1 is 1.19 bits per heavy atom. The first-order chi connectivity index (χ1) is 14.9. The lowest BCUT2D eigenvalue weighted by Crippen LogP contribution is -2.45. The number of carbonyl (C=O) groups excluding carboxylic acids is 1. The number of alkyl halides is 3. The number of fused-ring (bicyclic) bond motifs is 1. The summed E-state index contributed by atoms with van der Waals surface area (Å²) < 4.78 is 43.2. The standard InChI is InChI=1S/C20H26F3N3O5S/c1-4-7-25-15(27)13-12(2)14(16(28)24-8-5-19(3,30)6-9-24)32-17(13)26(18(25)29)10-11-31-20(21,22)23/h30H,4-11H2,1-3H3. The molecule has 0 aliphatic carbocycles. The number of hydrogen-bond donors (Lipinski definition) is 1. The zero-order valence-corrected chi connectivity index (χ0v) is 18.9. The molecule has 1 saturated heterocycles. The summed E-state index contributed by atoms with van der Waals surface area (Å²) in [7, 11) is 0. The van der Waals surface area contributed by atoms with Crippen LogP contribution in [0.5, 0.6) is 0 Å². The smallest absolute Gasteiger partial charge is 0.390 e. The van der Waals surface area contributed by atoms with E-state index in [2.05, 4.69) is 4.74 Å². The topological polar surface area (TPSA) is 93.8 Å². The molecule has 1 amide bonds. The summed E-state index contributed by atoms with van der Waals surface area (Å²) in [6.07, 6.45) is -3.55. The molecule has 2 aromatic heterocycles. The molecule has 0 spiro atoms. The number of piperidine rings is 1. The van der Waals surface area contributed by atoms with Crippen molar-refractivity contribution in [3.05, 3.63) is 31.3 Å². The molecule has 0 unspecified atom stereocenters. The predicted octanol–water partition coefficient (Wildman–Crippen LogP) is 2.47. The molecule has 0 radical (unpaired) electrons. The number of aryl methyl sites for hydroxylation is 1. The van der Waals surface area contributed by atoms with Crippen LogP contribution in [-0.2, 0) is 17.8 Å². The lowest BCUT2D eigenvalue weighted by atomic mass is 9.94. The number of nitrogens with zero attached hydrogens (tertiary/aromatic N) is 3. The molecule has 1 aliphatic rings. The molecular weight excluding hydrogens is 451 g/mol. The van der Waals surface area contributed by atoms with Crippen LogP contribution in [-0.4, -0.2) is 56.7 Å². The Morgan fingerprint density at radius 3 is 2.38 bits per heavy atom. The van der Waals surface area contributed by atoms with Crippen LogP contribution in [0, 0.1) is 6.92 Å². The summed E-state index contributed by atoms with van der Waals surface area (Å²) in [5.41, 5.74) is -1.75. The summed E-state index contributed by atoms with van der Waals surface area (Å²) >= 11 is 0.924. The molecule has 0 aromatic carbocycles. The Hall–Kier alpha value is -2.18. The number of likely N-dealkylation sites (tertiary alicyclic amines) is 1. The van der Waals surface area contributed by atoms with Gasteiger partial charge in [-0.25, -0.2) is 4.79 Å². The van der Waals surface area contributed by atoms with E-state index in [1.807, 2.05) is 0 Å². The summed E-state index contributed by atoms with van der Waals surface area (Å²) in [4.78, 5) is 41.1. The van der Waals surface area contributed by atoms with Crippen molar-refractivity contribution in [2.45, 2.75) is 65.1 Å². The second-order valence-corrected chi connectivity index (χ2v) is 9.21. The van der Waals surface area contributed by atoms with E-state index in [9.17, 15) is 32.7 Å². The highest BCUT2D eigenvalue weighted by Crippen LogP contribution is 2.31. The molecule has 0 saturated carbocycles. The van der Waals surface area contributed by atoms with Crippen LogP contribution in [0.3, 0.4) is 0 Å². The Bertz CT molecular complexity index is 1120. The molecule has 1 N–H and O–H groups in total. The molecular formula is C20H26F3N3O5S. The van der Waals surface area contributed by atoms with Gasteiger partial charge in [0.2, 0.25) is 0 Å². The molecule has 1 fully saturated rings. The molecule has 12 heteroatoms. The number of aliphatic hydroxyl groups is 1. The van der Waals surface area contributed by atoms with Gasteiger partial charge in [0.15, 0.2) is 0 Å². The minimum absolute atomic E-state index is 0.105. The van der Waals surface area contributed by atoms with Crippen molar-refractivity contribution < 1.29 is 27.8 Å². The van der Waals surface area contributed by atoms with Crippen molar-refractivity contribution in [1.29, 1.82) is 0 Å². The van der Waals surface area contributed by atoms with E-state index < -0.39 is 36.4 Å². The highest BCUT2D eigenvalue weighted by molar-refractivity contribution is 7.20. The molecule has 2 aromatic rings. The normalized spacial score (nSPS) is 16.7. The van der Waals surface area contributed by atoms with Crippen LogP contribution in [0.4, 0.5) is 13.2 Å². The summed E-state index contributed by atoms with van der Waals surface area (Å²) in [5, 5.41) is 10.3. The van der Waals surface area contributed by atoms with E-state index in [0.717, 1.165) is 20.5 Å². The van der Waals surface area contributed by atoms with Crippen molar-refractivity contribution >= 4 is 27.5 Å². The van der Waals surface area contributed by atoms with Crippen LogP contribution in [0.1, 0.15) is 48.3 Å². The average molecular weight is 478 g/mol. The van der Waals surface area contributed by atoms with Crippen molar-refractivity contribution in [2.24, 2.45) is 0 Å². The maximum absolute atomic E-state index is 13.1. The zero-order chi connectivity index (χ0) is 23.8. The van der Waals surface area contributed by atoms with Crippen molar-refractivity contribution in [3.63, 3.8) is 0 Å². The van der Waals surface area contributed by atoms with E-state index in [1.54, 1.807) is 25.7 Å². The van der Waals surface area contributed by atoms with E-state index in [1.165, 1.54) is 0 Å². The maximum Gasteiger partial charge on any atom is 0.522 e. The van der Waals surface area contributed by atoms with Gasteiger partial charge in [-0.3, -0.25) is 23.5 Å².